The van der Waals surface area contributed by atoms with E-state index in [1.54, 1.807) is 0 Å². The van der Waals surface area contributed by atoms with Gasteiger partial charge < -0.3 is 10.9 Å². The molecule has 1 aromatic rings. The Labute approximate surface area is 114 Å². The van der Waals surface area contributed by atoms with Gasteiger partial charge in [0.25, 0.3) is 0 Å². The maximum Gasteiger partial charge on any atom is 0.156 e. The summed E-state index contributed by atoms with van der Waals surface area (Å²) in [6.45, 7) is 2.10. The molecule has 2 rings (SSSR count). The summed E-state index contributed by atoms with van der Waals surface area (Å²) in [5.74, 6) is 0.362. The molecule has 0 aromatic heterocycles. The van der Waals surface area contributed by atoms with Crippen LogP contribution in [0.4, 0.5) is 0 Å². The molecule has 0 bridgehead atoms. The van der Waals surface area contributed by atoms with E-state index >= 15 is 0 Å². The van der Waals surface area contributed by atoms with Crippen LogP contribution in [0.1, 0.15) is 31.2 Å². The molecule has 0 spiro atoms. The summed E-state index contributed by atoms with van der Waals surface area (Å²) < 4.78 is 0. The number of rotatable bonds is 6. The SMILES string of the molecule is N/C(=N/O)C1CCCN1CCCCc1ccccc1. The van der Waals surface area contributed by atoms with Crippen molar-refractivity contribution in [2.75, 3.05) is 13.1 Å². The Hall–Kier alpha value is -1.55. The lowest BCUT2D eigenvalue weighted by atomic mass is 10.1. The molecule has 1 unspecified atom stereocenters. The highest BCUT2D eigenvalue weighted by Gasteiger charge is 2.27. The van der Waals surface area contributed by atoms with Crippen molar-refractivity contribution < 1.29 is 5.21 Å². The Morgan fingerprint density at radius 2 is 2.11 bits per heavy atom. The molecule has 4 nitrogen and oxygen atoms in total. The van der Waals surface area contributed by atoms with Gasteiger partial charge in [0.1, 0.15) is 0 Å². The fraction of sp³-hybridized carbons (Fsp3) is 0.533. The fourth-order valence-electron chi connectivity index (χ4n) is 2.78. The van der Waals surface area contributed by atoms with Gasteiger partial charge in [-0.05, 0) is 50.8 Å². The molecule has 1 fully saturated rings. The fourth-order valence-corrected chi connectivity index (χ4v) is 2.78. The van der Waals surface area contributed by atoms with Gasteiger partial charge in [-0.1, -0.05) is 35.5 Å². The average Bonchev–Trinajstić information content (AvgIpc) is 2.92. The minimum atomic E-state index is 0.140. The van der Waals surface area contributed by atoms with Crippen LogP contribution in [0.3, 0.4) is 0 Å². The number of hydrogen-bond donors (Lipinski definition) is 2. The van der Waals surface area contributed by atoms with Gasteiger partial charge in [0.05, 0.1) is 6.04 Å². The summed E-state index contributed by atoms with van der Waals surface area (Å²) in [6, 6.07) is 10.7. The first-order valence-corrected chi connectivity index (χ1v) is 7.06. The summed E-state index contributed by atoms with van der Waals surface area (Å²) in [5, 5.41) is 11.9. The number of likely N-dealkylation sites (tertiary alicyclic amines) is 1. The highest BCUT2D eigenvalue weighted by molar-refractivity contribution is 5.85. The number of hydrogen-bond acceptors (Lipinski definition) is 3. The highest BCUT2D eigenvalue weighted by atomic mass is 16.4. The maximum absolute atomic E-state index is 8.77. The Bertz CT molecular complexity index is 405. The third kappa shape index (κ3) is 3.96. The van der Waals surface area contributed by atoms with E-state index < -0.39 is 0 Å². The molecule has 1 heterocycles. The molecule has 0 aliphatic carbocycles. The quantitative estimate of drug-likeness (QED) is 0.271. The van der Waals surface area contributed by atoms with Crippen LogP contribution < -0.4 is 5.73 Å². The summed E-state index contributed by atoms with van der Waals surface area (Å²) in [6.07, 6.45) is 5.62. The predicted molar refractivity (Wildman–Crippen MR) is 77.4 cm³/mol. The van der Waals surface area contributed by atoms with Gasteiger partial charge in [-0.15, -0.1) is 0 Å². The molecular weight excluding hydrogens is 238 g/mol. The van der Waals surface area contributed by atoms with Crippen LogP contribution in [-0.2, 0) is 6.42 Å². The molecule has 104 valence electrons. The van der Waals surface area contributed by atoms with E-state index in [1.807, 2.05) is 0 Å². The van der Waals surface area contributed by atoms with Crippen molar-refractivity contribution in [3.05, 3.63) is 35.9 Å². The predicted octanol–water partition coefficient (Wildman–Crippen LogP) is 2.22. The first-order chi connectivity index (χ1) is 9.31. The van der Waals surface area contributed by atoms with Gasteiger partial charge in [0, 0.05) is 0 Å². The van der Waals surface area contributed by atoms with E-state index in [2.05, 4.69) is 40.4 Å². The van der Waals surface area contributed by atoms with E-state index in [1.165, 1.54) is 12.0 Å². The van der Waals surface area contributed by atoms with Crippen molar-refractivity contribution in [1.82, 2.24) is 4.90 Å². The Kier molecular flexibility index (Phi) is 5.21. The zero-order valence-electron chi connectivity index (χ0n) is 11.3. The monoisotopic (exact) mass is 261 g/mol. The third-order valence-corrected chi connectivity index (χ3v) is 3.82. The second-order valence-electron chi connectivity index (χ2n) is 5.16. The number of unbranched alkanes of at least 4 members (excludes halogenated alkanes) is 1. The molecule has 4 heteroatoms. The van der Waals surface area contributed by atoms with Crippen LogP contribution in [0, 0.1) is 0 Å². The number of oxime groups is 1. The Morgan fingerprint density at radius 3 is 2.84 bits per heavy atom. The zero-order valence-corrected chi connectivity index (χ0v) is 11.3. The van der Waals surface area contributed by atoms with E-state index in [4.69, 9.17) is 10.9 Å². The molecule has 1 atom stereocenters. The Morgan fingerprint density at radius 1 is 1.32 bits per heavy atom. The first-order valence-electron chi connectivity index (χ1n) is 7.06. The smallest absolute Gasteiger partial charge is 0.156 e. The van der Waals surface area contributed by atoms with Crippen LogP contribution >= 0.6 is 0 Å². The van der Waals surface area contributed by atoms with Crippen molar-refractivity contribution >= 4 is 5.84 Å². The second kappa shape index (κ2) is 7.14. The standard InChI is InChI=1S/C15H23N3O/c16-15(17-19)14-10-6-12-18(14)11-5-4-9-13-7-2-1-3-8-13/h1-3,7-8,14,19H,4-6,9-12H2,(H2,16,17). The van der Waals surface area contributed by atoms with E-state index in [-0.39, 0.29) is 6.04 Å². The lowest BCUT2D eigenvalue weighted by Gasteiger charge is -2.23. The lowest BCUT2D eigenvalue weighted by molar-refractivity contribution is 0.276. The molecule has 1 saturated heterocycles. The number of benzene rings is 1. The molecule has 0 radical (unpaired) electrons. The molecule has 1 aliphatic rings. The molecule has 0 amide bonds. The minimum absolute atomic E-state index is 0.140. The van der Waals surface area contributed by atoms with Crippen LogP contribution in [-0.4, -0.2) is 35.1 Å². The molecule has 0 saturated carbocycles. The van der Waals surface area contributed by atoms with E-state index in [9.17, 15) is 0 Å². The van der Waals surface area contributed by atoms with Crippen molar-refractivity contribution in [3.63, 3.8) is 0 Å². The van der Waals surface area contributed by atoms with Gasteiger partial charge >= 0.3 is 0 Å². The van der Waals surface area contributed by atoms with Gasteiger partial charge in [0.15, 0.2) is 5.84 Å². The molecule has 1 aromatic carbocycles. The van der Waals surface area contributed by atoms with Gasteiger partial charge in [-0.25, -0.2) is 0 Å². The molecule has 3 N–H and O–H groups in total. The third-order valence-electron chi connectivity index (χ3n) is 3.82. The topological polar surface area (TPSA) is 61.9 Å². The molecule has 19 heavy (non-hydrogen) atoms. The highest BCUT2D eigenvalue weighted by Crippen LogP contribution is 2.18. The zero-order chi connectivity index (χ0) is 13.5. The van der Waals surface area contributed by atoms with Crippen LogP contribution in [0.25, 0.3) is 0 Å². The van der Waals surface area contributed by atoms with E-state index in [0.29, 0.717) is 5.84 Å². The Balaban J connectivity index is 1.71. The summed E-state index contributed by atoms with van der Waals surface area (Å²) >= 11 is 0. The van der Waals surface area contributed by atoms with E-state index in [0.717, 1.165) is 38.8 Å². The van der Waals surface area contributed by atoms with Crippen molar-refractivity contribution in [2.24, 2.45) is 10.9 Å². The van der Waals surface area contributed by atoms with Gasteiger partial charge in [-0.2, -0.15) is 0 Å². The van der Waals surface area contributed by atoms with Crippen molar-refractivity contribution in [1.29, 1.82) is 0 Å². The summed E-state index contributed by atoms with van der Waals surface area (Å²) in [4.78, 5) is 2.33. The average molecular weight is 261 g/mol. The first kappa shape index (κ1) is 13.9. The van der Waals surface area contributed by atoms with Crippen molar-refractivity contribution in [3.8, 4) is 0 Å². The minimum Gasteiger partial charge on any atom is -0.409 e. The number of nitrogens with two attached hydrogens (primary N) is 1. The number of amidine groups is 1. The maximum atomic E-state index is 8.77. The van der Waals surface area contributed by atoms with Crippen LogP contribution in [0.15, 0.2) is 35.5 Å². The van der Waals surface area contributed by atoms with Crippen LogP contribution in [0.2, 0.25) is 0 Å². The molecular formula is C15H23N3O. The normalized spacial score (nSPS) is 20.8. The lowest BCUT2D eigenvalue weighted by Crippen LogP contribution is -2.40. The van der Waals surface area contributed by atoms with Crippen molar-refractivity contribution in [2.45, 2.75) is 38.1 Å². The second-order valence-corrected chi connectivity index (χ2v) is 5.16. The number of aryl methyl sites for hydroxylation is 1. The largest absolute Gasteiger partial charge is 0.409 e. The number of nitrogens with zero attached hydrogens (tertiary/aromatic N) is 2. The summed E-state index contributed by atoms with van der Waals surface area (Å²) in [7, 11) is 0. The molecule has 1 aliphatic heterocycles. The van der Waals surface area contributed by atoms with Crippen LogP contribution in [0.5, 0.6) is 0 Å². The van der Waals surface area contributed by atoms with Gasteiger partial charge in [0.2, 0.25) is 0 Å². The summed E-state index contributed by atoms with van der Waals surface area (Å²) in [5.41, 5.74) is 7.12. The van der Waals surface area contributed by atoms with Gasteiger partial charge in [-0.3, -0.25) is 4.90 Å².